The van der Waals surface area contributed by atoms with Crippen molar-refractivity contribution in [2.75, 3.05) is 7.11 Å². The van der Waals surface area contributed by atoms with Crippen LogP contribution in [0.3, 0.4) is 0 Å². The Morgan fingerprint density at radius 2 is 1.86 bits per heavy atom. The van der Waals surface area contributed by atoms with Crippen LogP contribution in [-0.4, -0.2) is 17.6 Å². The number of hydrogen-bond acceptors (Lipinski definition) is 4. The van der Waals surface area contributed by atoms with E-state index in [2.05, 4.69) is 6.07 Å². The lowest BCUT2D eigenvalue weighted by Crippen LogP contribution is -2.08. The number of aromatic nitrogens is 1. The van der Waals surface area contributed by atoms with Crippen LogP contribution in [0.4, 0.5) is 0 Å². The minimum atomic E-state index is -0.412. The maximum absolute atomic E-state index is 12.6. The molecule has 6 heteroatoms. The van der Waals surface area contributed by atoms with E-state index in [1.165, 1.54) is 0 Å². The highest BCUT2D eigenvalue weighted by atomic mass is 35.5. The molecule has 0 amide bonds. The SMILES string of the molecule is COc1ccc(Cl)cc1-n1c(C)cc(C(=O)OCc2ccc(C#N)cc2)c1C. The molecule has 0 N–H and O–H groups in total. The van der Waals surface area contributed by atoms with Gasteiger partial charge in [0.15, 0.2) is 0 Å². The lowest BCUT2D eigenvalue weighted by atomic mass is 10.1. The summed E-state index contributed by atoms with van der Waals surface area (Å²) in [5.74, 6) is 0.244. The lowest BCUT2D eigenvalue weighted by Gasteiger charge is -2.14. The van der Waals surface area contributed by atoms with E-state index in [1.54, 1.807) is 55.6 Å². The molecule has 0 atom stereocenters. The van der Waals surface area contributed by atoms with Crippen molar-refractivity contribution in [1.29, 1.82) is 5.26 Å². The Morgan fingerprint density at radius 1 is 1.14 bits per heavy atom. The van der Waals surface area contributed by atoms with Gasteiger partial charge >= 0.3 is 5.97 Å². The Morgan fingerprint density at radius 3 is 2.50 bits per heavy atom. The lowest BCUT2D eigenvalue weighted by molar-refractivity contribution is 0.0472. The fraction of sp³-hybridized carbons (Fsp3) is 0.182. The normalized spacial score (nSPS) is 10.4. The van der Waals surface area contributed by atoms with Crippen molar-refractivity contribution in [3.8, 4) is 17.5 Å². The van der Waals surface area contributed by atoms with Gasteiger partial charge in [-0.25, -0.2) is 4.79 Å². The van der Waals surface area contributed by atoms with Crippen molar-refractivity contribution in [1.82, 2.24) is 4.57 Å². The van der Waals surface area contributed by atoms with Gasteiger partial charge in [0.05, 0.1) is 30.0 Å². The average molecular weight is 395 g/mol. The standard InChI is InChI=1S/C22H19ClN2O3/c1-14-10-19(22(26)28-13-17-6-4-16(12-24)5-7-17)15(2)25(14)20-11-18(23)8-9-21(20)27-3/h4-11H,13H2,1-3H3. The molecule has 0 saturated heterocycles. The third-order valence-electron chi connectivity index (χ3n) is 4.49. The fourth-order valence-corrected chi connectivity index (χ4v) is 3.25. The van der Waals surface area contributed by atoms with Crippen LogP contribution in [0.25, 0.3) is 5.69 Å². The van der Waals surface area contributed by atoms with E-state index in [0.29, 0.717) is 21.9 Å². The summed E-state index contributed by atoms with van der Waals surface area (Å²) in [6.45, 7) is 3.89. The molecule has 0 aliphatic rings. The first-order chi connectivity index (χ1) is 13.4. The van der Waals surface area contributed by atoms with E-state index >= 15 is 0 Å². The monoisotopic (exact) mass is 394 g/mol. The van der Waals surface area contributed by atoms with E-state index in [0.717, 1.165) is 22.6 Å². The molecule has 1 aromatic heterocycles. The third kappa shape index (κ3) is 3.88. The Bertz CT molecular complexity index is 1060. The number of rotatable bonds is 5. The van der Waals surface area contributed by atoms with Gasteiger partial charge in [-0.1, -0.05) is 23.7 Å². The van der Waals surface area contributed by atoms with Crippen LogP contribution in [0.15, 0.2) is 48.5 Å². The number of hydrogen-bond donors (Lipinski definition) is 0. The van der Waals surface area contributed by atoms with Gasteiger partial charge in [-0.2, -0.15) is 5.26 Å². The number of halogens is 1. The van der Waals surface area contributed by atoms with Crippen LogP contribution in [0.5, 0.6) is 5.75 Å². The molecular weight excluding hydrogens is 376 g/mol. The first kappa shape index (κ1) is 19.5. The summed E-state index contributed by atoms with van der Waals surface area (Å²) in [7, 11) is 1.59. The Balaban J connectivity index is 1.86. The number of benzene rings is 2. The smallest absolute Gasteiger partial charge is 0.340 e. The Hall–Kier alpha value is -3.23. The number of carbonyl (C=O) groups is 1. The molecule has 0 fully saturated rings. The molecule has 0 spiro atoms. The largest absolute Gasteiger partial charge is 0.495 e. The second kappa shape index (κ2) is 8.20. The van der Waals surface area contributed by atoms with E-state index in [9.17, 15) is 4.79 Å². The molecule has 0 radical (unpaired) electrons. The highest BCUT2D eigenvalue weighted by Crippen LogP contribution is 2.31. The molecule has 0 unspecified atom stereocenters. The Kier molecular flexibility index (Phi) is 5.72. The van der Waals surface area contributed by atoms with Crippen molar-refractivity contribution in [2.24, 2.45) is 0 Å². The van der Waals surface area contributed by atoms with E-state index < -0.39 is 5.97 Å². The van der Waals surface area contributed by atoms with Gasteiger partial charge in [0, 0.05) is 16.4 Å². The van der Waals surface area contributed by atoms with E-state index in [4.69, 9.17) is 26.3 Å². The van der Waals surface area contributed by atoms with Crippen molar-refractivity contribution < 1.29 is 14.3 Å². The van der Waals surface area contributed by atoms with Gasteiger partial charge in [-0.15, -0.1) is 0 Å². The molecular formula is C22H19ClN2O3. The molecule has 2 aromatic carbocycles. The van der Waals surface area contributed by atoms with Crippen molar-refractivity contribution in [2.45, 2.75) is 20.5 Å². The maximum atomic E-state index is 12.6. The number of nitrogens with zero attached hydrogens (tertiary/aromatic N) is 2. The summed E-state index contributed by atoms with van der Waals surface area (Å²) in [5, 5.41) is 9.42. The zero-order valence-corrected chi connectivity index (χ0v) is 16.6. The zero-order chi connectivity index (χ0) is 20.3. The zero-order valence-electron chi connectivity index (χ0n) is 15.8. The first-order valence-electron chi connectivity index (χ1n) is 8.63. The quantitative estimate of drug-likeness (QED) is 0.572. The summed E-state index contributed by atoms with van der Waals surface area (Å²) < 4.78 is 12.8. The maximum Gasteiger partial charge on any atom is 0.340 e. The predicted octanol–water partition coefficient (Wildman–Crippen LogP) is 4.98. The molecule has 1 heterocycles. The van der Waals surface area contributed by atoms with Gasteiger partial charge in [0.1, 0.15) is 12.4 Å². The summed E-state index contributed by atoms with van der Waals surface area (Å²) in [6.07, 6.45) is 0. The number of carbonyl (C=O) groups excluding carboxylic acids is 1. The topological polar surface area (TPSA) is 64.2 Å². The minimum absolute atomic E-state index is 0.134. The number of esters is 1. The van der Waals surface area contributed by atoms with E-state index in [-0.39, 0.29) is 6.61 Å². The van der Waals surface area contributed by atoms with Gasteiger partial charge in [0.25, 0.3) is 0 Å². The Labute approximate surface area is 168 Å². The molecule has 28 heavy (non-hydrogen) atoms. The average Bonchev–Trinajstić information content (AvgIpc) is 3.00. The van der Waals surface area contributed by atoms with Gasteiger partial charge in [-0.05, 0) is 55.8 Å². The van der Waals surface area contributed by atoms with Crippen LogP contribution in [-0.2, 0) is 11.3 Å². The number of nitriles is 1. The summed E-state index contributed by atoms with van der Waals surface area (Å²) in [5.41, 5.74) is 4.22. The molecule has 0 saturated carbocycles. The highest BCUT2D eigenvalue weighted by molar-refractivity contribution is 6.30. The molecule has 0 aliphatic heterocycles. The van der Waals surface area contributed by atoms with Gasteiger partial charge in [0.2, 0.25) is 0 Å². The van der Waals surface area contributed by atoms with Crippen LogP contribution in [0.1, 0.15) is 32.9 Å². The van der Waals surface area contributed by atoms with Crippen molar-refractivity contribution in [3.63, 3.8) is 0 Å². The van der Waals surface area contributed by atoms with Crippen molar-refractivity contribution >= 4 is 17.6 Å². The number of aryl methyl sites for hydroxylation is 1. The van der Waals surface area contributed by atoms with Crippen LogP contribution in [0, 0.1) is 25.2 Å². The molecule has 3 aromatic rings. The highest BCUT2D eigenvalue weighted by Gasteiger charge is 2.20. The first-order valence-corrected chi connectivity index (χ1v) is 9.01. The van der Waals surface area contributed by atoms with Gasteiger partial charge in [-0.3, -0.25) is 0 Å². The van der Waals surface area contributed by atoms with Crippen LogP contribution in [0.2, 0.25) is 5.02 Å². The van der Waals surface area contributed by atoms with E-state index in [1.807, 2.05) is 18.4 Å². The van der Waals surface area contributed by atoms with Crippen molar-refractivity contribution in [3.05, 3.63) is 81.6 Å². The molecule has 142 valence electrons. The second-order valence-electron chi connectivity index (χ2n) is 6.32. The minimum Gasteiger partial charge on any atom is -0.495 e. The second-order valence-corrected chi connectivity index (χ2v) is 6.76. The summed E-state index contributed by atoms with van der Waals surface area (Å²) >= 11 is 6.16. The predicted molar refractivity (Wildman–Crippen MR) is 107 cm³/mol. The third-order valence-corrected chi connectivity index (χ3v) is 4.72. The molecule has 5 nitrogen and oxygen atoms in total. The number of ether oxygens (including phenoxy) is 2. The molecule has 3 rings (SSSR count). The molecule has 0 aliphatic carbocycles. The summed E-state index contributed by atoms with van der Waals surface area (Å²) in [4.78, 5) is 12.6. The number of methoxy groups -OCH3 is 1. The van der Waals surface area contributed by atoms with Gasteiger partial charge < -0.3 is 14.0 Å². The van der Waals surface area contributed by atoms with Crippen LogP contribution >= 0.6 is 11.6 Å². The summed E-state index contributed by atoms with van der Waals surface area (Å²) in [6, 6.07) is 16.1. The van der Waals surface area contributed by atoms with Crippen LogP contribution < -0.4 is 4.74 Å². The molecule has 0 bridgehead atoms. The fourth-order valence-electron chi connectivity index (χ4n) is 3.08.